The second-order valence-electron chi connectivity index (χ2n) is 3.22. The molecule has 1 heterocycles. The predicted octanol–water partition coefficient (Wildman–Crippen LogP) is 0.825. The molecule has 0 aliphatic carbocycles. The molecule has 0 saturated heterocycles. The first-order valence-electron chi connectivity index (χ1n) is 4.64. The number of thiazole rings is 1. The smallest absolute Gasteiger partial charge is 0.249 e. The maximum absolute atomic E-state index is 11.7. The van der Waals surface area contributed by atoms with Crippen molar-refractivity contribution in [3.8, 4) is 0 Å². The highest BCUT2D eigenvalue weighted by atomic mass is 32.1. The van der Waals surface area contributed by atoms with Crippen molar-refractivity contribution in [1.82, 2.24) is 10.3 Å². The summed E-state index contributed by atoms with van der Waals surface area (Å²) in [6.45, 7) is 3.20. The number of anilines is 1. The Bertz CT molecular complexity index is 392. The fraction of sp³-hybridized carbons (Fsp3) is 0.444. The summed E-state index contributed by atoms with van der Waals surface area (Å²) >= 11 is 5.35. The second-order valence-corrected chi connectivity index (χ2v) is 4.44. The van der Waals surface area contributed by atoms with Crippen LogP contribution in [0.15, 0.2) is 5.38 Å². The monoisotopic (exact) mass is 259 g/mol. The number of amides is 2. The van der Waals surface area contributed by atoms with Crippen molar-refractivity contribution < 1.29 is 9.59 Å². The normalized spacial score (nSPS) is 11.9. The zero-order valence-electron chi connectivity index (χ0n) is 8.98. The molecule has 2 N–H and O–H groups in total. The van der Waals surface area contributed by atoms with Crippen LogP contribution in [0.3, 0.4) is 0 Å². The Morgan fingerprint density at radius 3 is 2.75 bits per heavy atom. The topological polar surface area (TPSA) is 71.1 Å². The summed E-state index contributed by atoms with van der Waals surface area (Å²) in [6.07, 6.45) is 0. The van der Waals surface area contributed by atoms with Crippen molar-refractivity contribution in [3.63, 3.8) is 0 Å². The largest absolute Gasteiger partial charge is 0.344 e. The lowest BCUT2D eigenvalue weighted by molar-refractivity contribution is -0.124. The van der Waals surface area contributed by atoms with E-state index in [-0.39, 0.29) is 17.6 Å². The summed E-state index contributed by atoms with van der Waals surface area (Å²) in [5, 5.41) is 7.49. The van der Waals surface area contributed by atoms with Crippen molar-refractivity contribution in [2.45, 2.75) is 19.9 Å². The number of carbonyl (C=O) groups excluding carboxylic acids is 2. The van der Waals surface area contributed by atoms with Crippen LogP contribution < -0.4 is 10.6 Å². The molecule has 7 heteroatoms. The van der Waals surface area contributed by atoms with E-state index >= 15 is 0 Å². The molecule has 1 aromatic rings. The first-order chi connectivity index (χ1) is 7.52. The molecule has 0 aliphatic heterocycles. The first kappa shape index (κ1) is 13.0. The summed E-state index contributed by atoms with van der Waals surface area (Å²) in [6, 6.07) is -0.634. The van der Waals surface area contributed by atoms with E-state index in [4.69, 9.17) is 0 Å². The van der Waals surface area contributed by atoms with Crippen molar-refractivity contribution in [3.05, 3.63) is 11.1 Å². The van der Waals surface area contributed by atoms with Crippen molar-refractivity contribution in [2.75, 3.05) is 11.1 Å². The molecule has 1 aromatic heterocycles. The third kappa shape index (κ3) is 3.82. The van der Waals surface area contributed by atoms with Gasteiger partial charge in [0.2, 0.25) is 11.8 Å². The summed E-state index contributed by atoms with van der Waals surface area (Å²) in [5.41, 5.74) is 0.849. The molecule has 0 saturated carbocycles. The van der Waals surface area contributed by atoms with Gasteiger partial charge in [0.1, 0.15) is 6.04 Å². The molecule has 1 atom stereocenters. The fourth-order valence-electron chi connectivity index (χ4n) is 1.04. The van der Waals surface area contributed by atoms with E-state index in [0.717, 1.165) is 5.69 Å². The number of thiol groups is 1. The first-order valence-corrected chi connectivity index (χ1v) is 6.15. The van der Waals surface area contributed by atoms with Crippen molar-refractivity contribution in [2.24, 2.45) is 0 Å². The third-order valence-corrected chi connectivity index (χ3v) is 2.97. The van der Waals surface area contributed by atoms with Gasteiger partial charge in [0.25, 0.3) is 0 Å². The Kier molecular flexibility index (Phi) is 4.75. The van der Waals surface area contributed by atoms with E-state index in [1.807, 2.05) is 12.3 Å². The van der Waals surface area contributed by atoms with E-state index in [0.29, 0.717) is 5.13 Å². The van der Waals surface area contributed by atoms with Gasteiger partial charge in [-0.05, 0) is 6.92 Å². The molecular formula is C9H13N3O2S2. The lowest BCUT2D eigenvalue weighted by Crippen LogP contribution is -2.44. The van der Waals surface area contributed by atoms with Crippen LogP contribution in [0, 0.1) is 6.92 Å². The molecule has 0 bridgehead atoms. The highest BCUT2D eigenvalue weighted by molar-refractivity contribution is 7.80. The third-order valence-electron chi connectivity index (χ3n) is 1.73. The molecule has 0 fully saturated rings. The molecule has 0 aliphatic rings. The molecular weight excluding hydrogens is 246 g/mol. The number of nitrogens with zero attached hydrogens (tertiary/aromatic N) is 1. The lowest BCUT2D eigenvalue weighted by atomic mass is 10.3. The van der Waals surface area contributed by atoms with Crippen LogP contribution in [0.5, 0.6) is 0 Å². The Balaban J connectivity index is 2.59. The average Bonchev–Trinajstić information content (AvgIpc) is 2.60. The van der Waals surface area contributed by atoms with Gasteiger partial charge in [-0.3, -0.25) is 9.59 Å². The number of hydrogen-bond donors (Lipinski definition) is 3. The fourth-order valence-corrected chi connectivity index (χ4v) is 1.99. The highest BCUT2D eigenvalue weighted by Gasteiger charge is 2.18. The summed E-state index contributed by atoms with van der Waals surface area (Å²) in [5.74, 6) is -0.320. The molecule has 0 spiro atoms. The van der Waals surface area contributed by atoms with Gasteiger partial charge < -0.3 is 10.6 Å². The van der Waals surface area contributed by atoms with Gasteiger partial charge in [0.15, 0.2) is 5.13 Å². The minimum absolute atomic E-state index is 0.246. The summed E-state index contributed by atoms with van der Waals surface area (Å²) in [7, 11) is 0. The molecule has 0 radical (unpaired) electrons. The van der Waals surface area contributed by atoms with Crippen molar-refractivity contribution in [1.29, 1.82) is 0 Å². The molecule has 1 unspecified atom stereocenters. The number of rotatable bonds is 4. The standard InChI is InChI=1S/C9H13N3O2S2/c1-5-4-16-9(10-5)12-8(14)7(3-15)11-6(2)13/h4,7,15H,3H2,1-2H3,(H,11,13)(H,10,12,14). The molecule has 0 aromatic carbocycles. The molecule has 16 heavy (non-hydrogen) atoms. The number of hydrogen-bond acceptors (Lipinski definition) is 5. The Hall–Kier alpha value is -1.08. The number of nitrogens with one attached hydrogen (secondary N) is 2. The molecule has 5 nitrogen and oxygen atoms in total. The van der Waals surface area contributed by atoms with Crippen LogP contribution in [-0.2, 0) is 9.59 Å². The van der Waals surface area contributed by atoms with Gasteiger partial charge in [0, 0.05) is 18.1 Å². The Labute approximate surface area is 103 Å². The van der Waals surface area contributed by atoms with Crippen LogP contribution in [-0.4, -0.2) is 28.6 Å². The Morgan fingerprint density at radius 2 is 2.31 bits per heavy atom. The van der Waals surface area contributed by atoms with E-state index in [9.17, 15) is 9.59 Å². The quantitative estimate of drug-likeness (QED) is 0.701. The minimum Gasteiger partial charge on any atom is -0.344 e. The van der Waals surface area contributed by atoms with Crippen LogP contribution in [0.25, 0.3) is 0 Å². The van der Waals surface area contributed by atoms with Crippen LogP contribution >= 0.6 is 24.0 Å². The summed E-state index contributed by atoms with van der Waals surface area (Å²) < 4.78 is 0. The van der Waals surface area contributed by atoms with Gasteiger partial charge >= 0.3 is 0 Å². The van der Waals surface area contributed by atoms with E-state index in [2.05, 4.69) is 28.2 Å². The van der Waals surface area contributed by atoms with Gasteiger partial charge in [-0.15, -0.1) is 11.3 Å². The number of aryl methyl sites for hydroxylation is 1. The molecule has 1 rings (SSSR count). The number of aromatic nitrogens is 1. The van der Waals surface area contributed by atoms with Crippen molar-refractivity contribution >= 4 is 40.9 Å². The van der Waals surface area contributed by atoms with E-state index < -0.39 is 6.04 Å². The maximum Gasteiger partial charge on any atom is 0.249 e. The zero-order valence-corrected chi connectivity index (χ0v) is 10.7. The average molecular weight is 259 g/mol. The van der Waals surface area contributed by atoms with Gasteiger partial charge in [-0.2, -0.15) is 12.6 Å². The second kappa shape index (κ2) is 5.86. The predicted molar refractivity (Wildman–Crippen MR) is 66.9 cm³/mol. The molecule has 88 valence electrons. The van der Waals surface area contributed by atoms with E-state index in [1.54, 1.807) is 0 Å². The summed E-state index contributed by atoms with van der Waals surface area (Å²) in [4.78, 5) is 26.6. The van der Waals surface area contributed by atoms with Crippen LogP contribution in [0.2, 0.25) is 0 Å². The van der Waals surface area contributed by atoms with Crippen LogP contribution in [0.1, 0.15) is 12.6 Å². The van der Waals surface area contributed by atoms with Gasteiger partial charge in [0.05, 0.1) is 5.69 Å². The van der Waals surface area contributed by atoms with Gasteiger partial charge in [-0.1, -0.05) is 0 Å². The zero-order chi connectivity index (χ0) is 12.1. The minimum atomic E-state index is -0.634. The maximum atomic E-state index is 11.7. The van der Waals surface area contributed by atoms with Gasteiger partial charge in [-0.25, -0.2) is 4.98 Å². The molecule has 2 amide bonds. The van der Waals surface area contributed by atoms with E-state index in [1.165, 1.54) is 18.3 Å². The SMILES string of the molecule is CC(=O)NC(CS)C(=O)Nc1nc(C)cs1. The lowest BCUT2D eigenvalue weighted by Gasteiger charge is -2.13. The van der Waals surface area contributed by atoms with Crippen LogP contribution in [0.4, 0.5) is 5.13 Å². The Morgan fingerprint density at radius 1 is 1.62 bits per heavy atom. The number of carbonyl (C=O) groups is 2. The highest BCUT2D eigenvalue weighted by Crippen LogP contribution is 2.14.